The summed E-state index contributed by atoms with van der Waals surface area (Å²) in [7, 11) is 0. The van der Waals surface area contributed by atoms with Crippen LogP contribution in [0.5, 0.6) is 11.5 Å². The molecule has 1 aliphatic carbocycles. The summed E-state index contributed by atoms with van der Waals surface area (Å²) in [5.74, 6) is 0.498. The number of hydrogen-bond donors (Lipinski definition) is 1. The lowest BCUT2D eigenvalue weighted by Gasteiger charge is -2.19. The van der Waals surface area contributed by atoms with Gasteiger partial charge in [-0.2, -0.15) is 0 Å². The zero-order valence-electron chi connectivity index (χ0n) is 17.7. The zero-order valence-corrected chi connectivity index (χ0v) is 17.7. The third-order valence-electron chi connectivity index (χ3n) is 4.84. The molecule has 1 saturated carbocycles. The van der Waals surface area contributed by atoms with E-state index in [-0.39, 0.29) is 11.9 Å². The quantitative estimate of drug-likeness (QED) is 0.379. The number of nitrogens with one attached hydrogen (secondary N) is 1. The van der Waals surface area contributed by atoms with Crippen LogP contribution in [0.3, 0.4) is 0 Å². The summed E-state index contributed by atoms with van der Waals surface area (Å²) in [6.07, 6.45) is 8.82. The van der Waals surface area contributed by atoms with Crippen molar-refractivity contribution < 1.29 is 23.8 Å². The maximum Gasteiger partial charge on any atom is 0.331 e. The molecule has 1 N–H and O–H groups in total. The highest BCUT2D eigenvalue weighted by Crippen LogP contribution is 2.29. The molecule has 29 heavy (non-hydrogen) atoms. The average molecular weight is 404 g/mol. The van der Waals surface area contributed by atoms with Crippen LogP contribution in [0.2, 0.25) is 0 Å². The highest BCUT2D eigenvalue weighted by molar-refractivity contribution is 5.90. The van der Waals surface area contributed by atoms with Crippen molar-refractivity contribution in [1.29, 1.82) is 0 Å². The van der Waals surface area contributed by atoms with Crippen molar-refractivity contribution in [3.63, 3.8) is 0 Å². The minimum atomic E-state index is -0.824. The summed E-state index contributed by atoms with van der Waals surface area (Å²) >= 11 is 0. The first-order chi connectivity index (χ1) is 14.0. The number of amides is 1. The second-order valence-electron chi connectivity index (χ2n) is 7.18. The number of ether oxygens (including phenoxy) is 3. The van der Waals surface area contributed by atoms with Gasteiger partial charge >= 0.3 is 5.97 Å². The molecule has 0 unspecified atom stereocenters. The average Bonchev–Trinajstić information content (AvgIpc) is 2.97. The SMILES string of the molecule is CCOc1ccc(/C=C/C(=O)O[C@@H](C)C(=O)NC2CCCCCC2)cc1OCC. The molecular weight excluding hydrogens is 370 g/mol. The maximum atomic E-state index is 12.3. The van der Waals surface area contributed by atoms with E-state index >= 15 is 0 Å². The summed E-state index contributed by atoms with van der Waals surface area (Å²) in [6.45, 7) is 6.47. The van der Waals surface area contributed by atoms with E-state index in [9.17, 15) is 9.59 Å². The van der Waals surface area contributed by atoms with E-state index in [2.05, 4.69) is 5.32 Å². The second kappa shape index (κ2) is 12.1. The molecule has 2 rings (SSSR count). The molecule has 6 heteroatoms. The van der Waals surface area contributed by atoms with Crippen molar-refractivity contribution in [3.8, 4) is 11.5 Å². The van der Waals surface area contributed by atoms with E-state index in [4.69, 9.17) is 14.2 Å². The van der Waals surface area contributed by atoms with Crippen molar-refractivity contribution in [3.05, 3.63) is 29.8 Å². The molecule has 160 valence electrons. The van der Waals surface area contributed by atoms with E-state index in [1.807, 2.05) is 26.0 Å². The first-order valence-electron chi connectivity index (χ1n) is 10.6. The van der Waals surface area contributed by atoms with Gasteiger partial charge in [-0.1, -0.05) is 31.7 Å². The van der Waals surface area contributed by atoms with E-state index < -0.39 is 12.1 Å². The number of hydrogen-bond acceptors (Lipinski definition) is 5. The number of carbonyl (C=O) groups excluding carboxylic acids is 2. The predicted molar refractivity (Wildman–Crippen MR) is 113 cm³/mol. The predicted octanol–water partition coefficient (Wildman–Crippen LogP) is 4.27. The summed E-state index contributed by atoms with van der Waals surface area (Å²) in [5, 5.41) is 3.01. The van der Waals surface area contributed by atoms with Crippen molar-refractivity contribution in [2.24, 2.45) is 0 Å². The summed E-state index contributed by atoms with van der Waals surface area (Å²) in [4.78, 5) is 24.4. The fourth-order valence-electron chi connectivity index (χ4n) is 3.34. The van der Waals surface area contributed by atoms with E-state index in [0.717, 1.165) is 31.2 Å². The van der Waals surface area contributed by atoms with Gasteiger partial charge < -0.3 is 19.5 Å². The van der Waals surface area contributed by atoms with Crippen molar-refractivity contribution >= 4 is 18.0 Å². The Kier molecular flexibility index (Phi) is 9.54. The van der Waals surface area contributed by atoms with Gasteiger partial charge in [-0.15, -0.1) is 0 Å². The van der Waals surface area contributed by atoms with Crippen LogP contribution < -0.4 is 14.8 Å². The zero-order chi connectivity index (χ0) is 21.1. The summed E-state index contributed by atoms with van der Waals surface area (Å²) in [5.41, 5.74) is 0.782. The standard InChI is InChI=1S/C23H33NO5/c1-4-27-20-14-12-18(16-21(20)28-5-2)13-15-22(25)29-17(3)23(26)24-19-10-8-6-7-9-11-19/h12-17,19H,4-11H2,1-3H3,(H,24,26)/b15-13+/t17-/m0/s1. The molecule has 1 aromatic rings. The number of esters is 1. The smallest absolute Gasteiger partial charge is 0.331 e. The van der Waals surface area contributed by atoms with Gasteiger partial charge in [0.05, 0.1) is 13.2 Å². The van der Waals surface area contributed by atoms with Gasteiger partial charge in [0.1, 0.15) is 0 Å². The Balaban J connectivity index is 1.89. The highest BCUT2D eigenvalue weighted by Gasteiger charge is 2.21. The van der Waals surface area contributed by atoms with Gasteiger partial charge in [-0.3, -0.25) is 4.79 Å². The molecule has 1 fully saturated rings. The van der Waals surface area contributed by atoms with Gasteiger partial charge in [0.15, 0.2) is 17.6 Å². The van der Waals surface area contributed by atoms with Crippen LogP contribution in [0, 0.1) is 0 Å². The lowest BCUT2D eigenvalue weighted by molar-refractivity contribution is -0.150. The molecule has 0 heterocycles. The molecule has 0 bridgehead atoms. The number of carbonyl (C=O) groups is 2. The summed E-state index contributed by atoms with van der Waals surface area (Å²) in [6, 6.07) is 5.63. The van der Waals surface area contributed by atoms with Crippen molar-refractivity contribution in [1.82, 2.24) is 5.32 Å². The van der Waals surface area contributed by atoms with Gasteiger partial charge in [-0.05, 0) is 57.4 Å². The fourth-order valence-corrected chi connectivity index (χ4v) is 3.34. The van der Waals surface area contributed by atoms with Crippen LogP contribution in [0.15, 0.2) is 24.3 Å². The number of rotatable bonds is 9. The molecule has 0 aliphatic heterocycles. The maximum absolute atomic E-state index is 12.3. The molecule has 0 radical (unpaired) electrons. The van der Waals surface area contributed by atoms with Gasteiger partial charge in [0.2, 0.25) is 0 Å². The Labute approximate surface area is 173 Å². The molecule has 0 aromatic heterocycles. The Hall–Kier alpha value is -2.50. The molecule has 6 nitrogen and oxygen atoms in total. The third kappa shape index (κ3) is 7.80. The van der Waals surface area contributed by atoms with Gasteiger partial charge in [-0.25, -0.2) is 4.79 Å². The lowest BCUT2D eigenvalue weighted by atomic mass is 10.1. The highest BCUT2D eigenvalue weighted by atomic mass is 16.5. The largest absolute Gasteiger partial charge is 0.490 e. The molecule has 0 saturated heterocycles. The van der Waals surface area contributed by atoms with Crippen LogP contribution in [-0.2, 0) is 14.3 Å². The molecular formula is C23H33NO5. The molecule has 1 aromatic carbocycles. The van der Waals surface area contributed by atoms with E-state index in [1.54, 1.807) is 19.1 Å². The Morgan fingerprint density at radius 3 is 2.38 bits per heavy atom. The molecule has 1 aliphatic rings. The van der Waals surface area contributed by atoms with Crippen LogP contribution in [-0.4, -0.2) is 37.2 Å². The second-order valence-corrected chi connectivity index (χ2v) is 7.18. The van der Waals surface area contributed by atoms with Crippen molar-refractivity contribution in [2.45, 2.75) is 71.4 Å². The first kappa shape index (κ1) is 22.8. The lowest BCUT2D eigenvalue weighted by Crippen LogP contribution is -2.41. The fraction of sp³-hybridized carbons (Fsp3) is 0.565. The third-order valence-corrected chi connectivity index (χ3v) is 4.84. The Bertz CT molecular complexity index is 693. The Morgan fingerprint density at radius 2 is 1.72 bits per heavy atom. The number of benzene rings is 1. The van der Waals surface area contributed by atoms with E-state index in [0.29, 0.717) is 24.7 Å². The molecule has 0 spiro atoms. The monoisotopic (exact) mass is 403 g/mol. The molecule has 1 amide bonds. The van der Waals surface area contributed by atoms with Crippen molar-refractivity contribution in [2.75, 3.05) is 13.2 Å². The van der Waals surface area contributed by atoms with Crippen LogP contribution in [0.1, 0.15) is 64.9 Å². The Morgan fingerprint density at radius 1 is 1.07 bits per heavy atom. The topological polar surface area (TPSA) is 73.9 Å². The van der Waals surface area contributed by atoms with Gasteiger partial charge in [0, 0.05) is 12.1 Å². The molecule has 1 atom stereocenters. The van der Waals surface area contributed by atoms with Gasteiger partial charge in [0.25, 0.3) is 5.91 Å². The minimum absolute atomic E-state index is 0.183. The van der Waals surface area contributed by atoms with Crippen LogP contribution in [0.4, 0.5) is 0 Å². The summed E-state index contributed by atoms with van der Waals surface area (Å²) < 4.78 is 16.4. The normalized spacial score (nSPS) is 16.1. The van der Waals surface area contributed by atoms with Crippen LogP contribution >= 0.6 is 0 Å². The van der Waals surface area contributed by atoms with Crippen LogP contribution in [0.25, 0.3) is 6.08 Å². The van der Waals surface area contributed by atoms with E-state index in [1.165, 1.54) is 18.9 Å². The minimum Gasteiger partial charge on any atom is -0.490 e. The first-order valence-corrected chi connectivity index (χ1v) is 10.6.